The van der Waals surface area contributed by atoms with Gasteiger partial charge < -0.3 is 14.5 Å². The molecule has 2 heterocycles. The van der Waals surface area contributed by atoms with E-state index in [1.165, 1.54) is 0 Å². The molecule has 0 N–H and O–H groups in total. The van der Waals surface area contributed by atoms with Gasteiger partial charge in [-0.2, -0.15) is 0 Å². The Morgan fingerprint density at radius 3 is 2.27 bits per heavy atom. The molecule has 0 atom stereocenters. The Morgan fingerprint density at radius 1 is 1.00 bits per heavy atom. The Hall–Kier alpha value is -2.60. The van der Waals surface area contributed by atoms with Gasteiger partial charge in [-0.1, -0.05) is 11.6 Å². The minimum Gasteiger partial charge on any atom is -0.497 e. The van der Waals surface area contributed by atoms with Crippen molar-refractivity contribution in [1.29, 1.82) is 0 Å². The first-order valence-electron chi connectivity index (χ1n) is 8.42. The first-order chi connectivity index (χ1) is 12.6. The Labute approximate surface area is 157 Å². The van der Waals surface area contributed by atoms with Crippen LogP contribution in [0.3, 0.4) is 0 Å². The molecule has 0 spiro atoms. The molecule has 2 amide bonds. The predicted molar refractivity (Wildman–Crippen MR) is 98.7 cm³/mol. The van der Waals surface area contributed by atoms with Crippen molar-refractivity contribution in [3.63, 3.8) is 0 Å². The fourth-order valence-electron chi connectivity index (χ4n) is 2.97. The van der Waals surface area contributed by atoms with Crippen LogP contribution >= 0.6 is 11.6 Å². The number of carbonyl (C=O) groups excluding carboxylic acids is 2. The van der Waals surface area contributed by atoms with E-state index >= 15 is 0 Å². The van der Waals surface area contributed by atoms with E-state index in [0.29, 0.717) is 48.1 Å². The van der Waals surface area contributed by atoms with Gasteiger partial charge in [-0.3, -0.25) is 14.6 Å². The lowest BCUT2D eigenvalue weighted by Crippen LogP contribution is -2.37. The van der Waals surface area contributed by atoms with Gasteiger partial charge in [0.15, 0.2) is 0 Å². The predicted octanol–water partition coefficient (Wildman–Crippen LogP) is 2.73. The molecule has 0 bridgehead atoms. The molecule has 3 rings (SSSR count). The summed E-state index contributed by atoms with van der Waals surface area (Å²) >= 11 is 6.22. The second kappa shape index (κ2) is 8.19. The van der Waals surface area contributed by atoms with Crippen molar-refractivity contribution in [2.75, 3.05) is 33.3 Å². The van der Waals surface area contributed by atoms with Gasteiger partial charge in [-0.15, -0.1) is 0 Å². The van der Waals surface area contributed by atoms with Gasteiger partial charge in [-0.25, -0.2) is 0 Å². The van der Waals surface area contributed by atoms with Crippen LogP contribution in [0.4, 0.5) is 0 Å². The first kappa shape index (κ1) is 18.2. The smallest absolute Gasteiger partial charge is 0.255 e. The van der Waals surface area contributed by atoms with Gasteiger partial charge in [0.1, 0.15) is 5.75 Å². The van der Waals surface area contributed by atoms with Crippen LogP contribution in [0.25, 0.3) is 0 Å². The summed E-state index contributed by atoms with van der Waals surface area (Å²) in [5.74, 6) is 0.441. The summed E-state index contributed by atoms with van der Waals surface area (Å²) in [5, 5.41) is 0.364. The standard InChI is InChI=1S/C19H20ClN3O3/c1-26-15-3-4-16(17(20)13-15)19(25)23-10-2-9-22(11-12-23)18(24)14-5-7-21-8-6-14/h3-8,13H,2,9-12H2,1H3. The molecule has 0 unspecified atom stereocenters. The average Bonchev–Trinajstić information content (AvgIpc) is 2.93. The Kier molecular flexibility index (Phi) is 5.73. The molecule has 26 heavy (non-hydrogen) atoms. The Morgan fingerprint density at radius 2 is 1.65 bits per heavy atom. The quantitative estimate of drug-likeness (QED) is 0.829. The summed E-state index contributed by atoms with van der Waals surface area (Å²) in [6.45, 7) is 2.15. The minimum atomic E-state index is -0.129. The number of halogens is 1. The highest BCUT2D eigenvalue weighted by Crippen LogP contribution is 2.24. The second-order valence-electron chi connectivity index (χ2n) is 6.02. The van der Waals surface area contributed by atoms with E-state index in [9.17, 15) is 9.59 Å². The number of carbonyl (C=O) groups is 2. The van der Waals surface area contributed by atoms with Gasteiger partial charge in [0.2, 0.25) is 0 Å². The van der Waals surface area contributed by atoms with E-state index in [1.807, 2.05) is 0 Å². The third-order valence-electron chi connectivity index (χ3n) is 4.40. The summed E-state index contributed by atoms with van der Waals surface area (Å²) in [6.07, 6.45) is 3.93. The van der Waals surface area contributed by atoms with Crippen LogP contribution in [0.15, 0.2) is 42.7 Å². The molecule has 1 aromatic heterocycles. The Balaban J connectivity index is 1.68. The molecule has 136 valence electrons. The van der Waals surface area contributed by atoms with Gasteiger partial charge in [0.05, 0.1) is 17.7 Å². The topological polar surface area (TPSA) is 62.7 Å². The second-order valence-corrected chi connectivity index (χ2v) is 6.43. The van der Waals surface area contributed by atoms with Crippen LogP contribution in [0, 0.1) is 0 Å². The number of amides is 2. The monoisotopic (exact) mass is 373 g/mol. The molecular formula is C19H20ClN3O3. The maximum absolute atomic E-state index is 12.8. The summed E-state index contributed by atoms with van der Waals surface area (Å²) in [5.41, 5.74) is 1.05. The van der Waals surface area contributed by atoms with E-state index in [1.54, 1.807) is 59.6 Å². The maximum atomic E-state index is 12.8. The lowest BCUT2D eigenvalue weighted by Gasteiger charge is -2.22. The Bertz CT molecular complexity index is 798. The zero-order valence-corrected chi connectivity index (χ0v) is 15.3. The van der Waals surface area contributed by atoms with Crippen molar-refractivity contribution < 1.29 is 14.3 Å². The third-order valence-corrected chi connectivity index (χ3v) is 4.72. The molecule has 0 aliphatic carbocycles. The molecule has 2 aromatic rings. The lowest BCUT2D eigenvalue weighted by atomic mass is 10.2. The van der Waals surface area contributed by atoms with E-state index in [-0.39, 0.29) is 11.8 Å². The number of nitrogens with zero attached hydrogens (tertiary/aromatic N) is 3. The third kappa shape index (κ3) is 3.96. The molecule has 1 aromatic carbocycles. The lowest BCUT2D eigenvalue weighted by molar-refractivity contribution is 0.0718. The summed E-state index contributed by atoms with van der Waals surface area (Å²) < 4.78 is 5.12. The van der Waals surface area contributed by atoms with Crippen LogP contribution < -0.4 is 4.74 Å². The molecule has 6 nitrogen and oxygen atoms in total. The number of ether oxygens (including phenoxy) is 1. The van der Waals surface area contributed by atoms with Crippen molar-refractivity contribution in [2.45, 2.75) is 6.42 Å². The normalized spacial score (nSPS) is 14.7. The van der Waals surface area contributed by atoms with Crippen LogP contribution in [-0.4, -0.2) is 59.9 Å². The van der Waals surface area contributed by atoms with Gasteiger partial charge >= 0.3 is 0 Å². The number of benzene rings is 1. The van der Waals surface area contributed by atoms with E-state index in [0.717, 1.165) is 6.42 Å². The van der Waals surface area contributed by atoms with E-state index < -0.39 is 0 Å². The van der Waals surface area contributed by atoms with Gasteiger partial charge in [0, 0.05) is 44.1 Å². The minimum absolute atomic E-state index is 0.0378. The average molecular weight is 374 g/mol. The van der Waals surface area contributed by atoms with Crippen molar-refractivity contribution in [3.05, 3.63) is 58.9 Å². The zero-order valence-electron chi connectivity index (χ0n) is 14.5. The van der Waals surface area contributed by atoms with Crippen LogP contribution in [0.1, 0.15) is 27.1 Å². The molecule has 1 aliphatic rings. The molecule has 1 saturated heterocycles. The van der Waals surface area contributed by atoms with Crippen LogP contribution in [0.5, 0.6) is 5.75 Å². The van der Waals surface area contributed by atoms with Crippen molar-refractivity contribution in [1.82, 2.24) is 14.8 Å². The van der Waals surface area contributed by atoms with Crippen LogP contribution in [-0.2, 0) is 0 Å². The summed E-state index contributed by atoms with van der Waals surface area (Å²) in [4.78, 5) is 32.8. The number of hydrogen-bond donors (Lipinski definition) is 0. The number of hydrogen-bond acceptors (Lipinski definition) is 4. The number of pyridine rings is 1. The number of rotatable bonds is 3. The largest absolute Gasteiger partial charge is 0.497 e. The fraction of sp³-hybridized carbons (Fsp3) is 0.316. The number of aromatic nitrogens is 1. The van der Waals surface area contributed by atoms with Gasteiger partial charge in [-0.05, 0) is 36.8 Å². The summed E-state index contributed by atoms with van der Waals surface area (Å²) in [6, 6.07) is 8.43. The van der Waals surface area contributed by atoms with Gasteiger partial charge in [0.25, 0.3) is 11.8 Å². The maximum Gasteiger partial charge on any atom is 0.255 e. The zero-order chi connectivity index (χ0) is 18.5. The SMILES string of the molecule is COc1ccc(C(=O)N2CCCN(C(=O)c3ccncc3)CC2)c(Cl)c1. The summed E-state index contributed by atoms with van der Waals surface area (Å²) in [7, 11) is 1.55. The highest BCUT2D eigenvalue weighted by Gasteiger charge is 2.24. The molecular weight excluding hydrogens is 354 g/mol. The van der Waals surface area contributed by atoms with Crippen molar-refractivity contribution in [2.24, 2.45) is 0 Å². The molecule has 1 fully saturated rings. The van der Waals surface area contributed by atoms with E-state index in [4.69, 9.17) is 16.3 Å². The van der Waals surface area contributed by atoms with Crippen LogP contribution in [0.2, 0.25) is 5.02 Å². The molecule has 0 radical (unpaired) electrons. The first-order valence-corrected chi connectivity index (χ1v) is 8.80. The molecule has 1 aliphatic heterocycles. The molecule has 0 saturated carbocycles. The van der Waals surface area contributed by atoms with E-state index in [2.05, 4.69) is 4.98 Å². The highest BCUT2D eigenvalue weighted by atomic mass is 35.5. The highest BCUT2D eigenvalue weighted by molar-refractivity contribution is 6.34. The number of methoxy groups -OCH3 is 1. The van der Waals surface area contributed by atoms with Crippen molar-refractivity contribution >= 4 is 23.4 Å². The molecule has 7 heteroatoms. The van der Waals surface area contributed by atoms with Crippen molar-refractivity contribution in [3.8, 4) is 5.75 Å². The fourth-order valence-corrected chi connectivity index (χ4v) is 3.22.